The van der Waals surface area contributed by atoms with Gasteiger partial charge in [0.2, 0.25) is 5.91 Å². The Morgan fingerprint density at radius 2 is 2.00 bits per heavy atom. The lowest BCUT2D eigenvalue weighted by molar-refractivity contribution is -0.122. The largest absolute Gasteiger partial charge is 0.320 e. The zero-order valence-electron chi connectivity index (χ0n) is 10.8. The molecule has 0 bridgehead atoms. The van der Waals surface area contributed by atoms with Crippen LogP contribution in [-0.2, 0) is 4.79 Å². The first-order valence-corrected chi connectivity index (χ1v) is 5.58. The van der Waals surface area contributed by atoms with Crippen LogP contribution >= 0.6 is 24.8 Å². The SMILES string of the molecule is CC[C@H](C)[C@H](N)C(=O)NC(=O)c1ccccn1.Cl.Cl. The van der Waals surface area contributed by atoms with Gasteiger partial charge in [-0.2, -0.15) is 0 Å². The maximum Gasteiger partial charge on any atom is 0.276 e. The summed E-state index contributed by atoms with van der Waals surface area (Å²) in [6.45, 7) is 3.81. The molecule has 1 aromatic heterocycles. The van der Waals surface area contributed by atoms with Crippen LogP contribution in [0.4, 0.5) is 0 Å². The van der Waals surface area contributed by atoms with Crippen molar-refractivity contribution in [3.05, 3.63) is 30.1 Å². The van der Waals surface area contributed by atoms with Crippen LogP contribution in [0.25, 0.3) is 0 Å². The summed E-state index contributed by atoms with van der Waals surface area (Å²) >= 11 is 0. The second-order valence-corrected chi connectivity index (χ2v) is 3.94. The lowest BCUT2D eigenvalue weighted by Crippen LogP contribution is -2.46. The fourth-order valence-electron chi connectivity index (χ4n) is 1.27. The Bertz CT molecular complexity index is 401. The maximum absolute atomic E-state index is 11.6. The first-order chi connectivity index (χ1) is 8.06. The molecule has 108 valence electrons. The summed E-state index contributed by atoms with van der Waals surface area (Å²) in [5.74, 6) is -0.948. The van der Waals surface area contributed by atoms with Crippen LogP contribution in [0, 0.1) is 5.92 Å². The van der Waals surface area contributed by atoms with Gasteiger partial charge in [-0.25, -0.2) is 0 Å². The molecule has 0 aliphatic heterocycles. The quantitative estimate of drug-likeness (QED) is 0.884. The van der Waals surface area contributed by atoms with E-state index < -0.39 is 17.9 Å². The van der Waals surface area contributed by atoms with Gasteiger partial charge in [0, 0.05) is 6.20 Å². The molecule has 2 amide bonds. The molecule has 0 saturated carbocycles. The van der Waals surface area contributed by atoms with Crippen molar-refractivity contribution in [2.45, 2.75) is 26.3 Å². The molecular formula is C12H19Cl2N3O2. The molecule has 2 atom stereocenters. The van der Waals surface area contributed by atoms with E-state index in [0.717, 1.165) is 6.42 Å². The number of rotatable bonds is 4. The van der Waals surface area contributed by atoms with Crippen LogP contribution in [0.5, 0.6) is 0 Å². The molecule has 0 spiro atoms. The first kappa shape index (κ1) is 20.2. The third-order valence-electron chi connectivity index (χ3n) is 2.69. The van der Waals surface area contributed by atoms with Gasteiger partial charge in [0.25, 0.3) is 5.91 Å². The molecule has 1 heterocycles. The van der Waals surface area contributed by atoms with Crippen LogP contribution in [0.2, 0.25) is 0 Å². The van der Waals surface area contributed by atoms with Gasteiger partial charge in [0.05, 0.1) is 6.04 Å². The van der Waals surface area contributed by atoms with E-state index in [-0.39, 0.29) is 36.4 Å². The number of halogens is 2. The predicted octanol–water partition coefficient (Wildman–Crippen LogP) is 1.55. The third kappa shape index (κ3) is 6.00. The molecule has 7 heteroatoms. The van der Waals surface area contributed by atoms with Crippen molar-refractivity contribution in [1.82, 2.24) is 10.3 Å². The smallest absolute Gasteiger partial charge is 0.276 e. The molecule has 0 saturated heterocycles. The van der Waals surface area contributed by atoms with E-state index in [1.54, 1.807) is 12.1 Å². The minimum atomic E-state index is -0.673. The highest BCUT2D eigenvalue weighted by Gasteiger charge is 2.21. The number of carbonyl (C=O) groups is 2. The molecule has 5 nitrogen and oxygen atoms in total. The average molecular weight is 308 g/mol. The standard InChI is InChI=1S/C12H17N3O2.2ClH/c1-3-8(2)10(13)12(17)15-11(16)9-6-4-5-7-14-9;;/h4-8,10H,3,13H2,1-2H3,(H,15,16,17);2*1H/t8-,10-;;/m0../s1. The summed E-state index contributed by atoms with van der Waals surface area (Å²) < 4.78 is 0. The van der Waals surface area contributed by atoms with E-state index in [4.69, 9.17) is 5.73 Å². The highest BCUT2D eigenvalue weighted by atomic mass is 35.5. The fraction of sp³-hybridized carbons (Fsp3) is 0.417. The van der Waals surface area contributed by atoms with Crippen molar-refractivity contribution in [2.24, 2.45) is 11.7 Å². The van der Waals surface area contributed by atoms with Crippen LogP contribution in [0.3, 0.4) is 0 Å². The molecule has 0 fully saturated rings. The van der Waals surface area contributed by atoms with Crippen molar-refractivity contribution >= 4 is 36.6 Å². The summed E-state index contributed by atoms with van der Waals surface area (Å²) in [5.41, 5.74) is 5.92. The molecule has 1 aromatic rings. The summed E-state index contributed by atoms with van der Waals surface area (Å²) in [7, 11) is 0. The van der Waals surface area contributed by atoms with Gasteiger partial charge in [-0.05, 0) is 18.1 Å². The normalized spacial score (nSPS) is 12.4. The number of pyridine rings is 1. The van der Waals surface area contributed by atoms with Crippen molar-refractivity contribution in [1.29, 1.82) is 0 Å². The number of nitrogens with two attached hydrogens (primary N) is 1. The molecule has 0 aliphatic carbocycles. The van der Waals surface area contributed by atoms with Crippen molar-refractivity contribution in [2.75, 3.05) is 0 Å². The van der Waals surface area contributed by atoms with E-state index in [1.165, 1.54) is 12.3 Å². The van der Waals surface area contributed by atoms with Crippen LogP contribution in [-0.4, -0.2) is 22.8 Å². The Morgan fingerprint density at radius 3 is 2.47 bits per heavy atom. The Hall–Kier alpha value is -1.17. The molecule has 3 N–H and O–H groups in total. The van der Waals surface area contributed by atoms with Crippen molar-refractivity contribution in [3.8, 4) is 0 Å². The molecular weight excluding hydrogens is 289 g/mol. The second kappa shape index (κ2) is 9.72. The monoisotopic (exact) mass is 307 g/mol. The van der Waals surface area contributed by atoms with Crippen LogP contribution in [0.15, 0.2) is 24.4 Å². The lowest BCUT2D eigenvalue weighted by atomic mass is 9.99. The number of hydrogen-bond donors (Lipinski definition) is 2. The van der Waals surface area contributed by atoms with Crippen molar-refractivity contribution < 1.29 is 9.59 Å². The second-order valence-electron chi connectivity index (χ2n) is 3.94. The Morgan fingerprint density at radius 1 is 1.37 bits per heavy atom. The molecule has 0 aromatic carbocycles. The molecule has 0 radical (unpaired) electrons. The van der Waals surface area contributed by atoms with E-state index in [2.05, 4.69) is 10.3 Å². The third-order valence-corrected chi connectivity index (χ3v) is 2.69. The fourth-order valence-corrected chi connectivity index (χ4v) is 1.27. The molecule has 0 aliphatic rings. The van der Waals surface area contributed by atoms with Gasteiger partial charge in [-0.15, -0.1) is 24.8 Å². The van der Waals surface area contributed by atoms with Crippen LogP contribution in [0.1, 0.15) is 30.8 Å². The Kier molecular flexibility index (Phi) is 10.3. The summed E-state index contributed by atoms with van der Waals surface area (Å²) in [6, 6.07) is 4.25. The Balaban J connectivity index is 0. The highest BCUT2D eigenvalue weighted by Crippen LogP contribution is 2.05. The van der Waals surface area contributed by atoms with Gasteiger partial charge < -0.3 is 5.73 Å². The number of carbonyl (C=O) groups excluding carboxylic acids is 2. The van der Waals surface area contributed by atoms with Gasteiger partial charge in [0.15, 0.2) is 0 Å². The average Bonchev–Trinajstić information content (AvgIpc) is 2.37. The van der Waals surface area contributed by atoms with Gasteiger partial charge in [-0.1, -0.05) is 26.3 Å². The number of aromatic nitrogens is 1. The molecule has 0 unspecified atom stereocenters. The summed E-state index contributed by atoms with van der Waals surface area (Å²) in [5, 5.41) is 2.25. The minimum absolute atomic E-state index is 0. The highest BCUT2D eigenvalue weighted by molar-refractivity contribution is 6.05. The zero-order chi connectivity index (χ0) is 12.8. The zero-order valence-corrected chi connectivity index (χ0v) is 12.5. The first-order valence-electron chi connectivity index (χ1n) is 5.58. The number of imide groups is 1. The van der Waals surface area contributed by atoms with Gasteiger partial charge in [0.1, 0.15) is 5.69 Å². The summed E-state index contributed by atoms with van der Waals surface area (Å²) in [6.07, 6.45) is 2.28. The number of nitrogens with one attached hydrogen (secondary N) is 1. The number of hydrogen-bond acceptors (Lipinski definition) is 4. The van der Waals surface area contributed by atoms with E-state index in [0.29, 0.717) is 0 Å². The Labute approximate surface area is 125 Å². The number of amides is 2. The van der Waals surface area contributed by atoms with Crippen LogP contribution < -0.4 is 11.1 Å². The predicted molar refractivity (Wildman–Crippen MR) is 78.6 cm³/mol. The lowest BCUT2D eigenvalue weighted by Gasteiger charge is -2.16. The molecule has 1 rings (SSSR count). The maximum atomic E-state index is 11.6. The minimum Gasteiger partial charge on any atom is -0.320 e. The van der Waals surface area contributed by atoms with E-state index >= 15 is 0 Å². The van der Waals surface area contributed by atoms with Crippen molar-refractivity contribution in [3.63, 3.8) is 0 Å². The van der Waals surface area contributed by atoms with E-state index in [9.17, 15) is 9.59 Å². The number of nitrogens with zero attached hydrogens (tertiary/aromatic N) is 1. The molecule has 19 heavy (non-hydrogen) atoms. The topological polar surface area (TPSA) is 85.1 Å². The van der Waals surface area contributed by atoms with Gasteiger partial charge in [-0.3, -0.25) is 19.9 Å². The summed E-state index contributed by atoms with van der Waals surface area (Å²) in [4.78, 5) is 27.1. The van der Waals surface area contributed by atoms with Gasteiger partial charge >= 0.3 is 0 Å². The van der Waals surface area contributed by atoms with E-state index in [1.807, 2.05) is 13.8 Å².